The van der Waals surface area contributed by atoms with E-state index in [1.807, 2.05) is 43.3 Å². The van der Waals surface area contributed by atoms with E-state index in [9.17, 15) is 9.59 Å². The molecule has 0 unspecified atom stereocenters. The van der Waals surface area contributed by atoms with E-state index in [0.29, 0.717) is 33.2 Å². The number of nitrogens with zero attached hydrogens (tertiary/aromatic N) is 1. The van der Waals surface area contributed by atoms with Gasteiger partial charge in [-0.15, -0.1) is 0 Å². The lowest BCUT2D eigenvalue weighted by Gasteiger charge is -2.09. The summed E-state index contributed by atoms with van der Waals surface area (Å²) in [5, 5.41) is 5.57. The van der Waals surface area contributed by atoms with E-state index in [1.165, 1.54) is 6.21 Å². The minimum atomic E-state index is -0.513. The molecule has 0 bridgehead atoms. The van der Waals surface area contributed by atoms with Crippen LogP contribution < -0.4 is 10.2 Å². The van der Waals surface area contributed by atoms with Gasteiger partial charge in [-0.1, -0.05) is 73.3 Å². The van der Waals surface area contributed by atoms with Gasteiger partial charge in [0.15, 0.2) is 0 Å². The highest BCUT2D eigenvalue weighted by atomic mass is 79.9. The number of halogens is 3. The first-order valence-corrected chi connectivity index (χ1v) is 13.7. The summed E-state index contributed by atoms with van der Waals surface area (Å²) in [6.45, 7) is 1.99. The Morgan fingerprint density at radius 3 is 2.46 bits per heavy atom. The molecule has 9 heteroatoms. The fourth-order valence-corrected chi connectivity index (χ4v) is 4.97. The summed E-state index contributed by atoms with van der Waals surface area (Å²) in [6.07, 6.45) is 1.43. The second kappa shape index (κ2) is 11.6. The lowest BCUT2D eigenvalue weighted by Crippen LogP contribution is -2.19. The maximum absolute atomic E-state index is 13.3. The number of carbonyl (C=O) groups is 2. The van der Waals surface area contributed by atoms with E-state index in [-0.39, 0.29) is 0 Å². The number of fused-ring (bicyclic) bond motifs is 1. The Hall–Kier alpha value is -3.72. The number of aromatic amines is 1. The number of aryl methyl sites for hydroxylation is 1. The van der Waals surface area contributed by atoms with Gasteiger partial charge in [-0.3, -0.25) is 4.79 Å². The molecule has 6 nitrogen and oxygen atoms in total. The number of hydrogen-bond acceptors (Lipinski definition) is 4. The van der Waals surface area contributed by atoms with Crippen LogP contribution in [0.4, 0.5) is 0 Å². The normalized spacial score (nSPS) is 11.2. The van der Waals surface area contributed by atoms with Gasteiger partial charge in [0.05, 0.1) is 11.8 Å². The predicted octanol–water partition coefficient (Wildman–Crippen LogP) is 8.30. The molecule has 5 aromatic rings. The first kappa shape index (κ1) is 26.9. The van der Waals surface area contributed by atoms with E-state index >= 15 is 0 Å². The Kier molecular flexibility index (Phi) is 7.97. The van der Waals surface area contributed by atoms with Crippen LogP contribution in [-0.4, -0.2) is 23.1 Å². The molecule has 1 aromatic heterocycles. The van der Waals surface area contributed by atoms with Crippen LogP contribution >= 0.6 is 43.5 Å². The van der Waals surface area contributed by atoms with Crippen molar-refractivity contribution < 1.29 is 14.3 Å². The zero-order valence-electron chi connectivity index (χ0n) is 20.5. The summed E-state index contributed by atoms with van der Waals surface area (Å²) in [7, 11) is 0. The van der Waals surface area contributed by atoms with Crippen molar-refractivity contribution in [2.45, 2.75) is 6.92 Å². The molecule has 194 valence electrons. The van der Waals surface area contributed by atoms with Crippen LogP contribution in [0.5, 0.6) is 5.75 Å². The third-order valence-electron chi connectivity index (χ3n) is 5.95. The number of aromatic nitrogens is 1. The van der Waals surface area contributed by atoms with Crippen molar-refractivity contribution in [3.8, 4) is 16.9 Å². The number of rotatable bonds is 6. The molecule has 39 heavy (non-hydrogen) atoms. The van der Waals surface area contributed by atoms with Crippen LogP contribution in [0.1, 0.15) is 32.0 Å². The van der Waals surface area contributed by atoms with E-state index < -0.39 is 11.9 Å². The second-order valence-electron chi connectivity index (χ2n) is 8.68. The van der Waals surface area contributed by atoms with Crippen molar-refractivity contribution in [2.24, 2.45) is 5.10 Å². The summed E-state index contributed by atoms with van der Waals surface area (Å²) in [5.41, 5.74) is 7.10. The van der Waals surface area contributed by atoms with Gasteiger partial charge < -0.3 is 9.72 Å². The van der Waals surface area contributed by atoms with Crippen LogP contribution in [0, 0.1) is 6.92 Å². The quantitative estimate of drug-likeness (QED) is 0.0829. The summed E-state index contributed by atoms with van der Waals surface area (Å²) < 4.78 is 7.22. The Labute approximate surface area is 246 Å². The molecule has 0 spiro atoms. The van der Waals surface area contributed by atoms with Crippen LogP contribution in [0.25, 0.3) is 22.0 Å². The highest BCUT2D eigenvalue weighted by molar-refractivity contribution is 9.10. The number of amides is 1. The zero-order valence-corrected chi connectivity index (χ0v) is 24.4. The first-order chi connectivity index (χ1) is 18.8. The topological polar surface area (TPSA) is 83.6 Å². The van der Waals surface area contributed by atoms with Crippen molar-refractivity contribution in [3.63, 3.8) is 0 Å². The third-order valence-corrected chi connectivity index (χ3v) is 7.30. The second-order valence-corrected chi connectivity index (χ2v) is 10.9. The monoisotopic (exact) mass is 663 g/mol. The van der Waals surface area contributed by atoms with Crippen molar-refractivity contribution in [1.82, 2.24) is 10.4 Å². The maximum Gasteiger partial charge on any atom is 0.343 e. The first-order valence-electron chi connectivity index (χ1n) is 11.8. The average Bonchev–Trinajstić information content (AvgIpc) is 3.29. The lowest BCUT2D eigenvalue weighted by atomic mass is 10.0. The Bertz CT molecular complexity index is 1750. The van der Waals surface area contributed by atoms with Gasteiger partial charge in [-0.2, -0.15) is 5.10 Å². The highest BCUT2D eigenvalue weighted by Gasteiger charge is 2.21. The molecule has 0 saturated heterocycles. The molecule has 1 amide bonds. The van der Waals surface area contributed by atoms with E-state index in [1.54, 1.807) is 48.5 Å². The fraction of sp³-hybridized carbons (Fsp3) is 0.0333. The smallest absolute Gasteiger partial charge is 0.343 e. The molecule has 4 aromatic carbocycles. The van der Waals surface area contributed by atoms with Crippen molar-refractivity contribution in [1.29, 1.82) is 0 Å². The molecular formula is C30H20Br2ClN3O3. The Morgan fingerprint density at radius 2 is 1.69 bits per heavy atom. The number of hydrogen-bond donors (Lipinski definition) is 2. The molecule has 0 aliphatic heterocycles. The van der Waals surface area contributed by atoms with Gasteiger partial charge in [0.1, 0.15) is 11.4 Å². The summed E-state index contributed by atoms with van der Waals surface area (Å²) in [5.74, 6) is -0.665. The SMILES string of the molecule is Cc1ccc2[nH]c(C(=O)NN=Cc3cc(Br)ccc3OC(=O)c3ccc(Br)cc3)c(-c3ccccc3Cl)c2c1. The number of ether oxygens (including phenoxy) is 1. The van der Waals surface area contributed by atoms with E-state index in [0.717, 1.165) is 31.0 Å². The third kappa shape index (κ3) is 5.98. The Balaban J connectivity index is 1.43. The van der Waals surface area contributed by atoms with E-state index in [2.05, 4.69) is 47.4 Å². The van der Waals surface area contributed by atoms with Crippen LogP contribution in [0.2, 0.25) is 5.02 Å². The number of carbonyl (C=O) groups excluding carboxylic acids is 2. The summed E-state index contributed by atoms with van der Waals surface area (Å²) in [6, 6.07) is 25.3. The molecule has 0 aliphatic rings. The van der Waals surface area contributed by atoms with Crippen LogP contribution in [0.3, 0.4) is 0 Å². The summed E-state index contributed by atoms with van der Waals surface area (Å²) >= 11 is 13.3. The molecule has 5 rings (SSSR count). The van der Waals surface area contributed by atoms with Crippen molar-refractivity contribution in [2.75, 3.05) is 0 Å². The van der Waals surface area contributed by atoms with E-state index in [4.69, 9.17) is 16.3 Å². The molecule has 0 aliphatic carbocycles. The summed E-state index contributed by atoms with van der Waals surface area (Å²) in [4.78, 5) is 29.2. The molecule has 0 atom stereocenters. The van der Waals surface area contributed by atoms with Crippen LogP contribution in [-0.2, 0) is 0 Å². The minimum absolute atomic E-state index is 0.293. The van der Waals surface area contributed by atoms with Gasteiger partial charge >= 0.3 is 5.97 Å². The van der Waals surface area contributed by atoms with Crippen LogP contribution in [0.15, 0.2) is 99.0 Å². The van der Waals surface area contributed by atoms with Gasteiger partial charge in [-0.05, 0) is 67.6 Å². The molecule has 2 N–H and O–H groups in total. The van der Waals surface area contributed by atoms with Gasteiger partial charge in [-0.25, -0.2) is 10.2 Å². The molecule has 0 saturated carbocycles. The number of hydrazone groups is 1. The molecule has 1 heterocycles. The standard InChI is InChI=1S/C30H20Br2ClN3O3/c1-17-6-12-25-23(14-17)27(22-4-2-3-5-24(22)33)28(35-25)29(37)36-34-16-19-15-21(32)11-13-26(19)39-30(38)18-7-9-20(31)10-8-18/h2-16,35H,1H3,(H,36,37). The van der Waals surface area contributed by atoms with Crippen molar-refractivity contribution >= 4 is 72.5 Å². The zero-order chi connectivity index (χ0) is 27.5. The Morgan fingerprint density at radius 1 is 0.949 bits per heavy atom. The average molecular weight is 666 g/mol. The van der Waals surface area contributed by atoms with Gasteiger partial charge in [0, 0.05) is 41.6 Å². The largest absolute Gasteiger partial charge is 0.422 e. The number of benzene rings is 4. The fourth-order valence-electron chi connectivity index (χ4n) is 4.09. The number of esters is 1. The molecular weight excluding hydrogens is 646 g/mol. The lowest BCUT2D eigenvalue weighted by molar-refractivity contribution is 0.0734. The maximum atomic E-state index is 13.3. The van der Waals surface area contributed by atoms with Gasteiger partial charge in [0.2, 0.25) is 0 Å². The highest BCUT2D eigenvalue weighted by Crippen LogP contribution is 2.37. The minimum Gasteiger partial charge on any atom is -0.422 e. The van der Waals surface area contributed by atoms with Gasteiger partial charge in [0.25, 0.3) is 5.91 Å². The number of H-pyrrole nitrogens is 1. The number of nitrogens with one attached hydrogen (secondary N) is 2. The predicted molar refractivity (Wildman–Crippen MR) is 162 cm³/mol. The van der Waals surface area contributed by atoms with Crippen molar-refractivity contribution in [3.05, 3.63) is 121 Å². The molecule has 0 fully saturated rings. The molecule has 0 radical (unpaired) electrons.